The summed E-state index contributed by atoms with van der Waals surface area (Å²) in [5.41, 5.74) is -0.202. The minimum Gasteiger partial charge on any atom is -0.441 e. The van der Waals surface area contributed by atoms with Crippen LogP contribution >= 0.6 is 15.9 Å². The minimum absolute atomic E-state index is 0.00662. The van der Waals surface area contributed by atoms with E-state index in [-0.39, 0.29) is 23.3 Å². The smallest absolute Gasteiger partial charge is 0.414 e. The van der Waals surface area contributed by atoms with Crippen molar-refractivity contribution in [1.29, 1.82) is 0 Å². The lowest BCUT2D eigenvalue weighted by Crippen LogP contribution is -2.26. The number of halogens is 3. The van der Waals surface area contributed by atoms with Gasteiger partial charge < -0.3 is 9.84 Å². The van der Waals surface area contributed by atoms with E-state index >= 15 is 0 Å². The maximum atomic E-state index is 13.6. The van der Waals surface area contributed by atoms with Gasteiger partial charge in [0, 0.05) is 0 Å². The number of hydrogen-bond donors (Lipinski definition) is 1. The van der Waals surface area contributed by atoms with E-state index in [1.807, 2.05) is 0 Å². The highest BCUT2D eigenvalue weighted by Crippen LogP contribution is 2.29. The lowest BCUT2D eigenvalue weighted by Gasteiger charge is -2.14. The largest absolute Gasteiger partial charge is 0.441 e. The zero-order valence-electron chi connectivity index (χ0n) is 8.49. The van der Waals surface area contributed by atoms with Crippen LogP contribution in [0.25, 0.3) is 0 Å². The van der Waals surface area contributed by atoms with Crippen molar-refractivity contribution in [2.45, 2.75) is 6.10 Å². The molecule has 92 valence electrons. The maximum absolute atomic E-state index is 13.6. The third-order valence-corrected chi connectivity index (χ3v) is 3.00. The van der Waals surface area contributed by atoms with Crippen LogP contribution < -0.4 is 4.90 Å². The first kappa shape index (κ1) is 12.3. The molecule has 1 aliphatic rings. The minimum atomic E-state index is -1.13. The molecular formula is C10H8BrF2NO3. The molecule has 1 N–H and O–H groups in total. The van der Waals surface area contributed by atoms with Crippen LogP contribution in [0.15, 0.2) is 16.6 Å². The van der Waals surface area contributed by atoms with Crippen LogP contribution in [0.5, 0.6) is 0 Å². The third kappa shape index (κ3) is 2.12. The zero-order valence-corrected chi connectivity index (χ0v) is 10.1. The maximum Gasteiger partial charge on any atom is 0.414 e. The Balaban J connectivity index is 2.35. The van der Waals surface area contributed by atoms with Crippen molar-refractivity contribution in [2.75, 3.05) is 18.1 Å². The first-order chi connectivity index (χ1) is 8.04. The van der Waals surface area contributed by atoms with E-state index in [0.717, 1.165) is 4.90 Å². The molecule has 1 aromatic carbocycles. The number of hydrogen-bond acceptors (Lipinski definition) is 3. The molecule has 0 saturated carbocycles. The van der Waals surface area contributed by atoms with Gasteiger partial charge >= 0.3 is 6.09 Å². The molecule has 4 nitrogen and oxygen atoms in total. The predicted octanol–water partition coefficient (Wildman–Crippen LogP) is 2.04. The summed E-state index contributed by atoms with van der Waals surface area (Å²) in [4.78, 5) is 12.3. The first-order valence-corrected chi connectivity index (χ1v) is 5.56. The monoisotopic (exact) mass is 307 g/mol. The summed E-state index contributed by atoms with van der Waals surface area (Å²) < 4.78 is 31.6. The Morgan fingerprint density at radius 1 is 1.47 bits per heavy atom. The standard InChI is InChI=1S/C10H8BrF2NO3/c11-6-1-2-7(9(13)8(6)12)14-3-5(4-15)17-10(14)16/h1-2,5,15H,3-4H2/t5-/m1/s1. The highest BCUT2D eigenvalue weighted by Gasteiger charge is 2.34. The number of aliphatic hydroxyl groups is 1. The van der Waals surface area contributed by atoms with E-state index in [1.54, 1.807) is 0 Å². The van der Waals surface area contributed by atoms with E-state index < -0.39 is 23.8 Å². The zero-order chi connectivity index (χ0) is 12.6. The summed E-state index contributed by atoms with van der Waals surface area (Å²) in [5.74, 6) is -2.20. The van der Waals surface area contributed by atoms with Crippen LogP contribution in [0, 0.1) is 11.6 Å². The second-order valence-corrected chi connectivity index (χ2v) is 4.35. The molecule has 1 amide bonds. The molecule has 17 heavy (non-hydrogen) atoms. The molecule has 1 atom stereocenters. The molecule has 0 spiro atoms. The van der Waals surface area contributed by atoms with Crippen molar-refractivity contribution in [3.8, 4) is 0 Å². The molecule has 0 unspecified atom stereocenters. The summed E-state index contributed by atoms with van der Waals surface area (Å²) >= 11 is 2.84. The van der Waals surface area contributed by atoms with Crippen molar-refractivity contribution in [2.24, 2.45) is 0 Å². The number of anilines is 1. The van der Waals surface area contributed by atoms with Crippen molar-refractivity contribution >= 4 is 27.7 Å². The molecule has 0 bridgehead atoms. The molecule has 1 aromatic rings. The molecule has 0 radical (unpaired) electrons. The Morgan fingerprint density at radius 2 is 2.18 bits per heavy atom. The SMILES string of the molecule is O=C1O[C@@H](CO)CN1c1ccc(Br)c(F)c1F. The molecular weight excluding hydrogens is 300 g/mol. The van der Waals surface area contributed by atoms with E-state index in [2.05, 4.69) is 15.9 Å². The number of cyclic esters (lactones) is 1. The fourth-order valence-corrected chi connectivity index (χ4v) is 1.84. The Morgan fingerprint density at radius 3 is 2.76 bits per heavy atom. The van der Waals surface area contributed by atoms with E-state index in [1.165, 1.54) is 12.1 Å². The topological polar surface area (TPSA) is 49.8 Å². The van der Waals surface area contributed by atoms with Gasteiger partial charge in [-0.2, -0.15) is 0 Å². The number of amides is 1. The highest BCUT2D eigenvalue weighted by molar-refractivity contribution is 9.10. The van der Waals surface area contributed by atoms with Crippen LogP contribution in [0.3, 0.4) is 0 Å². The molecule has 1 heterocycles. The Labute approximate surface area is 104 Å². The van der Waals surface area contributed by atoms with Gasteiger partial charge in [0.15, 0.2) is 11.6 Å². The quantitative estimate of drug-likeness (QED) is 0.851. The first-order valence-electron chi connectivity index (χ1n) is 4.77. The fourth-order valence-electron chi connectivity index (χ4n) is 1.54. The van der Waals surface area contributed by atoms with Gasteiger partial charge in [0.1, 0.15) is 6.10 Å². The van der Waals surface area contributed by atoms with Gasteiger partial charge in [-0.25, -0.2) is 13.6 Å². The fraction of sp³-hybridized carbons (Fsp3) is 0.300. The van der Waals surface area contributed by atoms with E-state index in [9.17, 15) is 13.6 Å². The highest BCUT2D eigenvalue weighted by atomic mass is 79.9. The number of aliphatic hydroxyl groups excluding tert-OH is 1. The van der Waals surface area contributed by atoms with Crippen LogP contribution in [0.1, 0.15) is 0 Å². The summed E-state index contributed by atoms with van der Waals surface area (Å²) in [6.45, 7) is -0.365. The van der Waals surface area contributed by atoms with Crippen LogP contribution in [-0.4, -0.2) is 30.5 Å². The van der Waals surface area contributed by atoms with Gasteiger partial charge in [-0.15, -0.1) is 0 Å². The van der Waals surface area contributed by atoms with Crippen molar-refractivity contribution in [3.05, 3.63) is 28.2 Å². The Bertz CT molecular complexity index is 469. The molecule has 1 saturated heterocycles. The van der Waals surface area contributed by atoms with Crippen LogP contribution in [-0.2, 0) is 4.74 Å². The van der Waals surface area contributed by atoms with Gasteiger partial charge in [0.25, 0.3) is 0 Å². The van der Waals surface area contributed by atoms with Crippen molar-refractivity contribution in [1.82, 2.24) is 0 Å². The van der Waals surface area contributed by atoms with Crippen LogP contribution in [0.2, 0.25) is 0 Å². The lowest BCUT2D eigenvalue weighted by atomic mass is 10.2. The number of benzene rings is 1. The number of nitrogens with zero attached hydrogens (tertiary/aromatic N) is 1. The van der Waals surface area contributed by atoms with Gasteiger partial charge in [0.2, 0.25) is 0 Å². The molecule has 2 rings (SSSR count). The Kier molecular flexibility index (Phi) is 3.30. The number of ether oxygens (including phenoxy) is 1. The second kappa shape index (κ2) is 4.58. The van der Waals surface area contributed by atoms with Gasteiger partial charge in [-0.05, 0) is 28.1 Å². The normalized spacial score (nSPS) is 19.6. The van der Waals surface area contributed by atoms with Crippen molar-refractivity contribution < 1.29 is 23.4 Å². The third-order valence-electron chi connectivity index (χ3n) is 2.38. The Hall–Kier alpha value is -1.21. The average Bonchev–Trinajstić information content (AvgIpc) is 2.68. The van der Waals surface area contributed by atoms with Crippen LogP contribution in [0.4, 0.5) is 19.3 Å². The van der Waals surface area contributed by atoms with Gasteiger partial charge in [-0.1, -0.05) is 0 Å². The number of carbonyl (C=O) groups is 1. The van der Waals surface area contributed by atoms with Gasteiger partial charge in [-0.3, -0.25) is 4.90 Å². The van der Waals surface area contributed by atoms with E-state index in [4.69, 9.17) is 9.84 Å². The lowest BCUT2D eigenvalue weighted by molar-refractivity contribution is 0.0963. The molecule has 0 aliphatic carbocycles. The molecule has 0 aromatic heterocycles. The van der Waals surface area contributed by atoms with E-state index in [0.29, 0.717) is 0 Å². The predicted molar refractivity (Wildman–Crippen MR) is 58.8 cm³/mol. The molecule has 1 aliphatic heterocycles. The molecule has 7 heteroatoms. The second-order valence-electron chi connectivity index (χ2n) is 3.49. The average molecular weight is 308 g/mol. The number of carbonyl (C=O) groups excluding carboxylic acids is 1. The summed E-state index contributed by atoms with van der Waals surface area (Å²) in [6.07, 6.45) is -1.52. The number of rotatable bonds is 2. The summed E-state index contributed by atoms with van der Waals surface area (Å²) in [6, 6.07) is 2.57. The molecule has 1 fully saturated rings. The van der Waals surface area contributed by atoms with Crippen molar-refractivity contribution in [3.63, 3.8) is 0 Å². The summed E-state index contributed by atoms with van der Waals surface area (Å²) in [7, 11) is 0. The van der Waals surface area contributed by atoms with Gasteiger partial charge in [0.05, 0.1) is 23.3 Å². The summed E-state index contributed by atoms with van der Waals surface area (Å²) in [5, 5.41) is 8.84.